The summed E-state index contributed by atoms with van der Waals surface area (Å²) in [6.45, 7) is 11.7. The summed E-state index contributed by atoms with van der Waals surface area (Å²) >= 11 is 6.10. The van der Waals surface area contributed by atoms with Crippen molar-refractivity contribution in [1.29, 1.82) is 0 Å². The van der Waals surface area contributed by atoms with Gasteiger partial charge in [-0.2, -0.15) is 9.97 Å². The molecule has 12 rings (SSSR count). The number of ether oxygens (including phenoxy) is 3. The molecular formula is C62H67ClFN11O7. The summed E-state index contributed by atoms with van der Waals surface area (Å²) in [7, 11) is 0. The van der Waals surface area contributed by atoms with Crippen LogP contribution in [0, 0.1) is 11.7 Å². The second-order valence-electron chi connectivity index (χ2n) is 21.9. The number of hydrogen-bond acceptors (Lipinski definition) is 15. The number of aliphatic hydroxyl groups excluding tert-OH is 1. The average molecular weight is 1130 g/mol. The SMILES string of the molecule is CCc1c(F)ccc2cc(O)cc(-c3ncc4c(N5CC6CC5CN6)nc(OC5CCOCC5)nc4c3OCc3ccc(-c4cn(C(C(=O)N5CCCC5C)C(C)C)nn4)cc3)c12.O=CNC(CO)c1ccc(-c2cnccc2Cl)cc1. The van der Waals surface area contributed by atoms with Gasteiger partial charge in [0.25, 0.3) is 0 Å². The minimum absolute atomic E-state index is 0.0220. The van der Waals surface area contributed by atoms with Crippen LogP contribution in [0.4, 0.5) is 10.2 Å². The Labute approximate surface area is 480 Å². The number of carbonyl (C=O) groups excluding carboxylic acids is 2. The minimum Gasteiger partial charge on any atom is -0.508 e. The van der Waals surface area contributed by atoms with Gasteiger partial charge in [-0.25, -0.2) is 9.07 Å². The van der Waals surface area contributed by atoms with Gasteiger partial charge in [-0.15, -0.1) is 5.10 Å². The first-order valence-corrected chi connectivity index (χ1v) is 28.6. The molecule has 20 heteroatoms. The van der Waals surface area contributed by atoms with Crippen molar-refractivity contribution in [2.75, 3.05) is 44.4 Å². The van der Waals surface area contributed by atoms with Crippen LogP contribution in [0.15, 0.2) is 104 Å². The highest BCUT2D eigenvalue weighted by atomic mass is 35.5. The van der Waals surface area contributed by atoms with E-state index in [1.807, 2.05) is 80.4 Å². The largest absolute Gasteiger partial charge is 0.508 e. The van der Waals surface area contributed by atoms with Crippen molar-refractivity contribution < 1.29 is 38.4 Å². The molecule has 4 saturated heterocycles. The Hall–Kier alpha value is -7.84. The number of benzene rings is 4. The van der Waals surface area contributed by atoms with E-state index in [0.717, 1.165) is 85.4 Å². The molecule has 4 aliphatic heterocycles. The van der Waals surface area contributed by atoms with E-state index >= 15 is 4.39 Å². The zero-order chi connectivity index (χ0) is 57.0. The number of carbonyl (C=O) groups is 2. The third-order valence-electron chi connectivity index (χ3n) is 16.2. The molecule has 426 valence electrons. The molecular weight excluding hydrogens is 1070 g/mol. The van der Waals surface area contributed by atoms with E-state index in [1.54, 1.807) is 47.5 Å². The molecule has 0 radical (unpaired) electrons. The summed E-state index contributed by atoms with van der Waals surface area (Å²) < 4.78 is 36.3. The number of halogens is 2. The first-order valence-electron chi connectivity index (χ1n) is 28.2. The quantitative estimate of drug-likeness (QED) is 0.0625. The standard InChI is InChI=1S/C48H54FN9O5.C14H13ClN2O2/c1-5-36-39(49)13-12-31-19-34(59)21-37(41(31)36)42-45(43-38(23-51-42)46(57-24-32-20-33(57)22-50-32)53-48(52-43)63-35-14-17-61-18-15-35)62-26-29-8-10-30(11-9-29)40-25-58(55-54-40)44(27(2)3)47(60)56-16-6-7-28(56)4;15-13-5-6-16-7-12(13)10-1-3-11(4-2-10)14(8-18)17-9-19/h8-13,19,21,23,25,27-28,32-33,35,44,50,59H,5-7,14-18,20,22,24,26H2,1-4H3;1-7,9,14,18H,8H2,(H,17,19). The molecule has 0 saturated carbocycles. The molecule has 18 nitrogen and oxygen atoms in total. The van der Waals surface area contributed by atoms with Gasteiger partial charge < -0.3 is 44.9 Å². The van der Waals surface area contributed by atoms with E-state index in [2.05, 4.69) is 37.8 Å². The molecule has 2 bridgehead atoms. The molecule has 5 atom stereocenters. The monoisotopic (exact) mass is 1130 g/mol. The maximum absolute atomic E-state index is 15.6. The number of piperazine rings is 1. The van der Waals surface area contributed by atoms with Crippen LogP contribution in [-0.2, 0) is 27.4 Å². The summed E-state index contributed by atoms with van der Waals surface area (Å²) in [6, 6.07) is 23.7. The van der Waals surface area contributed by atoms with Crippen molar-refractivity contribution in [1.82, 2.24) is 50.5 Å². The van der Waals surface area contributed by atoms with Gasteiger partial charge in [0, 0.05) is 85.9 Å². The number of fused-ring (bicyclic) bond motifs is 4. The second kappa shape index (κ2) is 24.7. The number of aromatic hydroxyl groups is 1. The number of aromatic nitrogens is 7. The highest BCUT2D eigenvalue weighted by Crippen LogP contribution is 2.45. The number of nitrogens with zero attached hydrogens (tertiary/aromatic N) is 9. The van der Waals surface area contributed by atoms with Crippen LogP contribution in [0.3, 0.4) is 0 Å². The molecule has 4 N–H and O–H groups in total. The van der Waals surface area contributed by atoms with Crippen molar-refractivity contribution >= 4 is 51.4 Å². The summed E-state index contributed by atoms with van der Waals surface area (Å²) in [5.41, 5.74) is 6.98. The zero-order valence-corrected chi connectivity index (χ0v) is 47.1. The molecule has 2 amide bonds. The molecule has 0 spiro atoms. The van der Waals surface area contributed by atoms with E-state index in [0.29, 0.717) is 87.0 Å². The van der Waals surface area contributed by atoms with Crippen LogP contribution in [0.2, 0.25) is 5.02 Å². The van der Waals surface area contributed by atoms with Gasteiger partial charge in [0.1, 0.15) is 53.0 Å². The van der Waals surface area contributed by atoms with E-state index in [1.165, 1.54) is 6.07 Å². The van der Waals surface area contributed by atoms with Crippen molar-refractivity contribution in [2.45, 2.75) is 109 Å². The third kappa shape index (κ3) is 11.6. The summed E-state index contributed by atoms with van der Waals surface area (Å²) in [4.78, 5) is 47.7. The molecule has 4 fully saturated rings. The number of pyridine rings is 2. The van der Waals surface area contributed by atoms with Gasteiger partial charge in [0.05, 0.1) is 42.5 Å². The smallest absolute Gasteiger partial charge is 0.319 e. The fraction of sp³-hybridized carbons (Fsp3) is 0.387. The highest BCUT2D eigenvalue weighted by Gasteiger charge is 2.40. The lowest BCUT2D eigenvalue weighted by molar-refractivity contribution is -0.137. The summed E-state index contributed by atoms with van der Waals surface area (Å²) in [5.74, 6) is 0.912. The molecule has 8 aromatic rings. The topological polar surface area (TPSA) is 215 Å². The fourth-order valence-corrected chi connectivity index (χ4v) is 12.1. The first kappa shape index (κ1) is 56.0. The number of anilines is 1. The van der Waals surface area contributed by atoms with Crippen molar-refractivity contribution in [2.24, 2.45) is 5.92 Å². The van der Waals surface area contributed by atoms with Crippen LogP contribution >= 0.6 is 11.6 Å². The van der Waals surface area contributed by atoms with Crippen LogP contribution < -0.4 is 25.0 Å². The normalized spacial score (nSPS) is 18.7. The Kier molecular flexibility index (Phi) is 16.9. The average Bonchev–Trinajstić information content (AvgIpc) is 4.45. The number of phenols is 1. The predicted molar refractivity (Wildman–Crippen MR) is 311 cm³/mol. The van der Waals surface area contributed by atoms with Crippen LogP contribution in [-0.4, -0.2) is 126 Å². The van der Waals surface area contributed by atoms with Gasteiger partial charge in [-0.3, -0.25) is 19.6 Å². The maximum Gasteiger partial charge on any atom is 0.319 e. The van der Waals surface area contributed by atoms with Gasteiger partial charge in [0.15, 0.2) is 5.75 Å². The van der Waals surface area contributed by atoms with Crippen LogP contribution in [0.5, 0.6) is 17.5 Å². The Morgan fingerprint density at radius 3 is 2.48 bits per heavy atom. The van der Waals surface area contributed by atoms with E-state index in [-0.39, 0.29) is 60.8 Å². The van der Waals surface area contributed by atoms with Crippen LogP contribution in [0.25, 0.3) is 55.3 Å². The number of phenolic OH excluding ortho intramolecular Hbond substituents is 1. The molecule has 4 aromatic carbocycles. The molecule has 4 aliphatic rings. The van der Waals surface area contributed by atoms with Gasteiger partial charge >= 0.3 is 6.01 Å². The lowest BCUT2D eigenvalue weighted by Crippen LogP contribution is -2.44. The second-order valence-corrected chi connectivity index (χ2v) is 22.3. The Balaban J connectivity index is 0.000000315. The zero-order valence-electron chi connectivity index (χ0n) is 46.3. The minimum atomic E-state index is -0.444. The van der Waals surface area contributed by atoms with Gasteiger partial charge in [-0.05, 0) is 95.8 Å². The number of hydrogen-bond donors (Lipinski definition) is 4. The van der Waals surface area contributed by atoms with E-state index < -0.39 is 12.1 Å². The predicted octanol–water partition coefficient (Wildman–Crippen LogP) is 9.59. The lowest BCUT2D eigenvalue weighted by atomic mass is 9.94. The number of rotatable bonds is 17. The highest BCUT2D eigenvalue weighted by molar-refractivity contribution is 6.33. The van der Waals surface area contributed by atoms with Crippen LogP contribution in [0.1, 0.15) is 88.6 Å². The third-order valence-corrected chi connectivity index (χ3v) is 16.5. The number of aliphatic hydroxyl groups is 1. The van der Waals surface area contributed by atoms with Crippen molar-refractivity contribution in [3.8, 4) is 51.2 Å². The van der Waals surface area contributed by atoms with Gasteiger partial charge in [0.2, 0.25) is 12.3 Å². The number of nitrogens with one attached hydrogen (secondary N) is 2. The number of likely N-dealkylation sites (tertiary alicyclic amines) is 1. The Morgan fingerprint density at radius 1 is 1.00 bits per heavy atom. The van der Waals surface area contributed by atoms with Crippen molar-refractivity contribution in [3.63, 3.8) is 0 Å². The Morgan fingerprint density at radius 2 is 1.79 bits per heavy atom. The van der Waals surface area contributed by atoms with E-state index in [4.69, 9.17) is 40.8 Å². The summed E-state index contributed by atoms with van der Waals surface area (Å²) in [6.07, 6.45) is 12.3. The Bertz CT molecular complexity index is 3580. The van der Waals surface area contributed by atoms with Gasteiger partial charge in [-0.1, -0.05) is 92.2 Å². The number of aryl methyl sites for hydroxylation is 1. The molecule has 8 heterocycles. The maximum atomic E-state index is 15.6. The molecule has 4 aromatic heterocycles. The lowest BCUT2D eigenvalue weighted by Gasteiger charge is -2.30. The molecule has 0 aliphatic carbocycles. The molecule has 5 unspecified atom stereocenters. The number of amides is 2. The fourth-order valence-electron chi connectivity index (χ4n) is 11.9. The van der Waals surface area contributed by atoms with Crippen molar-refractivity contribution in [3.05, 3.63) is 131 Å². The first-order chi connectivity index (χ1) is 39.9. The summed E-state index contributed by atoms with van der Waals surface area (Å²) in [5, 5.41) is 38.0. The van der Waals surface area contributed by atoms with E-state index in [9.17, 15) is 19.8 Å². The molecule has 82 heavy (non-hydrogen) atoms.